The highest BCUT2D eigenvalue weighted by Gasteiger charge is 2.20. The summed E-state index contributed by atoms with van der Waals surface area (Å²) in [5, 5.41) is 0. The Balaban J connectivity index is 3.05. The predicted molar refractivity (Wildman–Crippen MR) is 70.2 cm³/mol. The topological polar surface area (TPSA) is 72.2 Å². The highest BCUT2D eigenvalue weighted by atomic mass is 32.2. The third-order valence-electron chi connectivity index (χ3n) is 2.93. The average Bonchev–Trinajstić information content (AvgIpc) is 2.30. The lowest BCUT2D eigenvalue weighted by Gasteiger charge is -2.13. The molecule has 3 N–H and O–H groups in total. The third kappa shape index (κ3) is 3.43. The van der Waals surface area contributed by atoms with Gasteiger partial charge in [0.1, 0.15) is 5.82 Å². The van der Waals surface area contributed by atoms with Crippen molar-refractivity contribution < 1.29 is 12.8 Å². The van der Waals surface area contributed by atoms with Crippen LogP contribution in [0.15, 0.2) is 17.0 Å². The Labute approximate surface area is 107 Å². The van der Waals surface area contributed by atoms with Crippen molar-refractivity contribution >= 4 is 15.7 Å². The molecular weight excluding hydrogens is 255 g/mol. The lowest BCUT2D eigenvalue weighted by atomic mass is 10.1. The maximum absolute atomic E-state index is 13.5. The summed E-state index contributed by atoms with van der Waals surface area (Å²) in [6.45, 7) is 5.67. The standard InChI is InChI=1S/C12H19FN2O2S/c1-4-8(2)7-15-18(16,17)12-6-10(14)5-11(13)9(12)3/h5-6,8,15H,4,7,14H2,1-3H3. The van der Waals surface area contributed by atoms with Crippen LogP contribution in [0.5, 0.6) is 0 Å². The summed E-state index contributed by atoms with van der Waals surface area (Å²) in [6, 6.07) is 2.39. The van der Waals surface area contributed by atoms with Gasteiger partial charge in [-0.05, 0) is 25.0 Å². The molecular formula is C12H19FN2O2S. The van der Waals surface area contributed by atoms with E-state index in [9.17, 15) is 12.8 Å². The molecule has 18 heavy (non-hydrogen) atoms. The van der Waals surface area contributed by atoms with Gasteiger partial charge in [0, 0.05) is 17.8 Å². The first-order chi connectivity index (χ1) is 8.27. The smallest absolute Gasteiger partial charge is 0.241 e. The van der Waals surface area contributed by atoms with E-state index in [1.54, 1.807) is 0 Å². The predicted octanol–water partition coefficient (Wildman–Crippen LogP) is 2.04. The number of sulfonamides is 1. The van der Waals surface area contributed by atoms with E-state index in [4.69, 9.17) is 5.73 Å². The molecule has 0 spiro atoms. The van der Waals surface area contributed by atoms with E-state index >= 15 is 0 Å². The second-order valence-corrected chi connectivity index (χ2v) is 6.23. The zero-order chi connectivity index (χ0) is 13.9. The van der Waals surface area contributed by atoms with Crippen LogP contribution in [0.3, 0.4) is 0 Å². The Morgan fingerprint density at radius 1 is 1.44 bits per heavy atom. The minimum atomic E-state index is -3.71. The van der Waals surface area contributed by atoms with Crippen molar-refractivity contribution in [2.24, 2.45) is 5.92 Å². The molecule has 0 saturated heterocycles. The van der Waals surface area contributed by atoms with Gasteiger partial charge in [0.05, 0.1) is 4.90 Å². The lowest BCUT2D eigenvalue weighted by molar-refractivity contribution is 0.527. The fourth-order valence-electron chi connectivity index (χ4n) is 1.43. The van der Waals surface area contributed by atoms with Crippen LogP contribution in [0, 0.1) is 18.7 Å². The fraction of sp³-hybridized carbons (Fsp3) is 0.500. The molecule has 1 unspecified atom stereocenters. The van der Waals surface area contributed by atoms with Gasteiger partial charge in [0.2, 0.25) is 10.0 Å². The zero-order valence-corrected chi connectivity index (χ0v) is 11.6. The lowest BCUT2D eigenvalue weighted by Crippen LogP contribution is -2.29. The van der Waals surface area contributed by atoms with E-state index in [1.807, 2.05) is 13.8 Å². The largest absolute Gasteiger partial charge is 0.399 e. The first-order valence-electron chi connectivity index (χ1n) is 5.83. The minimum Gasteiger partial charge on any atom is -0.399 e. The van der Waals surface area contributed by atoms with Crippen molar-refractivity contribution in [3.8, 4) is 0 Å². The van der Waals surface area contributed by atoms with E-state index < -0.39 is 15.8 Å². The van der Waals surface area contributed by atoms with E-state index in [0.717, 1.165) is 12.5 Å². The van der Waals surface area contributed by atoms with Crippen LogP contribution in [0.2, 0.25) is 0 Å². The van der Waals surface area contributed by atoms with Gasteiger partial charge >= 0.3 is 0 Å². The van der Waals surface area contributed by atoms with E-state index in [0.29, 0.717) is 6.54 Å². The van der Waals surface area contributed by atoms with Gasteiger partial charge in [0.15, 0.2) is 0 Å². The van der Waals surface area contributed by atoms with Gasteiger partial charge in [-0.15, -0.1) is 0 Å². The highest BCUT2D eigenvalue weighted by molar-refractivity contribution is 7.89. The molecule has 6 heteroatoms. The second-order valence-electron chi connectivity index (χ2n) is 4.49. The molecule has 0 amide bonds. The summed E-state index contributed by atoms with van der Waals surface area (Å²) in [5.74, 6) is -0.384. The molecule has 0 aromatic heterocycles. The van der Waals surface area contributed by atoms with Crippen LogP contribution in [-0.2, 0) is 10.0 Å². The van der Waals surface area contributed by atoms with Gasteiger partial charge in [0.25, 0.3) is 0 Å². The van der Waals surface area contributed by atoms with Crippen LogP contribution < -0.4 is 10.5 Å². The number of nitrogens with two attached hydrogens (primary N) is 1. The first kappa shape index (κ1) is 14.9. The van der Waals surface area contributed by atoms with Crippen LogP contribution in [0.1, 0.15) is 25.8 Å². The molecule has 1 rings (SSSR count). The van der Waals surface area contributed by atoms with Gasteiger partial charge < -0.3 is 5.73 Å². The molecule has 0 aliphatic rings. The minimum absolute atomic E-state index is 0.0841. The molecule has 102 valence electrons. The number of nitrogens with one attached hydrogen (secondary N) is 1. The van der Waals surface area contributed by atoms with E-state index in [1.165, 1.54) is 13.0 Å². The van der Waals surface area contributed by atoms with Crippen molar-refractivity contribution in [1.82, 2.24) is 4.72 Å². The molecule has 0 aliphatic heterocycles. The van der Waals surface area contributed by atoms with Crippen LogP contribution in [0.4, 0.5) is 10.1 Å². The van der Waals surface area contributed by atoms with Crippen LogP contribution in [0.25, 0.3) is 0 Å². The monoisotopic (exact) mass is 274 g/mol. The summed E-state index contributed by atoms with van der Waals surface area (Å²) in [7, 11) is -3.71. The Kier molecular flexibility index (Phi) is 4.70. The number of nitrogen functional groups attached to an aromatic ring is 1. The second kappa shape index (κ2) is 5.67. The van der Waals surface area contributed by atoms with Crippen LogP contribution in [-0.4, -0.2) is 15.0 Å². The van der Waals surface area contributed by atoms with Gasteiger partial charge in [-0.2, -0.15) is 0 Å². The van der Waals surface area contributed by atoms with Gasteiger partial charge in [-0.25, -0.2) is 17.5 Å². The maximum atomic E-state index is 13.5. The summed E-state index contributed by atoms with van der Waals surface area (Å²) in [4.78, 5) is -0.0942. The quantitative estimate of drug-likeness (QED) is 0.807. The Hall–Kier alpha value is -1.14. The molecule has 0 fully saturated rings. The average molecular weight is 274 g/mol. The Morgan fingerprint density at radius 3 is 2.61 bits per heavy atom. The molecule has 1 aromatic carbocycles. The van der Waals surface area contributed by atoms with E-state index in [-0.39, 0.29) is 22.1 Å². The Bertz CT molecular complexity index is 529. The van der Waals surface area contributed by atoms with Crippen molar-refractivity contribution in [3.05, 3.63) is 23.5 Å². The van der Waals surface area contributed by atoms with E-state index in [2.05, 4.69) is 4.72 Å². The molecule has 1 aromatic rings. The fourth-order valence-corrected chi connectivity index (χ4v) is 2.88. The maximum Gasteiger partial charge on any atom is 0.241 e. The molecule has 0 aliphatic carbocycles. The van der Waals surface area contributed by atoms with Gasteiger partial charge in [-0.1, -0.05) is 20.3 Å². The molecule has 0 heterocycles. The van der Waals surface area contributed by atoms with Crippen molar-refractivity contribution in [2.45, 2.75) is 32.1 Å². The Morgan fingerprint density at radius 2 is 2.06 bits per heavy atom. The molecule has 0 bridgehead atoms. The summed E-state index contributed by atoms with van der Waals surface area (Å²) in [6.07, 6.45) is 0.868. The summed E-state index contributed by atoms with van der Waals surface area (Å²) < 4.78 is 40.0. The van der Waals surface area contributed by atoms with Crippen molar-refractivity contribution in [3.63, 3.8) is 0 Å². The van der Waals surface area contributed by atoms with Gasteiger partial charge in [-0.3, -0.25) is 0 Å². The third-order valence-corrected chi connectivity index (χ3v) is 4.48. The summed E-state index contributed by atoms with van der Waals surface area (Å²) in [5.41, 5.74) is 5.66. The number of hydrogen-bond acceptors (Lipinski definition) is 3. The highest BCUT2D eigenvalue weighted by Crippen LogP contribution is 2.21. The normalized spacial score (nSPS) is 13.6. The number of halogens is 1. The molecule has 4 nitrogen and oxygen atoms in total. The molecule has 0 radical (unpaired) electrons. The SMILES string of the molecule is CCC(C)CNS(=O)(=O)c1cc(N)cc(F)c1C. The molecule has 0 saturated carbocycles. The zero-order valence-electron chi connectivity index (χ0n) is 10.8. The first-order valence-corrected chi connectivity index (χ1v) is 7.31. The van der Waals surface area contributed by atoms with Crippen molar-refractivity contribution in [1.29, 1.82) is 0 Å². The van der Waals surface area contributed by atoms with Crippen molar-refractivity contribution in [2.75, 3.05) is 12.3 Å². The summed E-state index contributed by atoms with van der Waals surface area (Å²) >= 11 is 0. The molecule has 1 atom stereocenters. The number of anilines is 1. The van der Waals surface area contributed by atoms with Crippen LogP contribution >= 0.6 is 0 Å². The number of hydrogen-bond donors (Lipinski definition) is 2. The number of rotatable bonds is 5. The number of benzene rings is 1.